The Morgan fingerprint density at radius 2 is 1.30 bits per heavy atom. The van der Waals surface area contributed by atoms with Gasteiger partial charge in [-0.1, -0.05) is 42.5 Å². The average molecular weight is 318 g/mol. The van der Waals surface area contributed by atoms with Crippen molar-refractivity contribution in [3.05, 3.63) is 48.0 Å². The summed E-state index contributed by atoms with van der Waals surface area (Å²) in [6.45, 7) is 0.486. The number of esters is 2. The highest BCUT2D eigenvalue weighted by atomic mass is 16.8. The van der Waals surface area contributed by atoms with Crippen LogP contribution in [-0.2, 0) is 28.5 Å². The molecule has 0 radical (unpaired) electrons. The Morgan fingerprint density at radius 3 is 1.83 bits per heavy atom. The summed E-state index contributed by atoms with van der Waals surface area (Å²) in [5, 5.41) is 0. The molecule has 122 valence electrons. The summed E-state index contributed by atoms with van der Waals surface area (Å²) in [6.07, 6.45) is 1.97. The third kappa shape index (κ3) is 3.78. The van der Waals surface area contributed by atoms with Gasteiger partial charge in [0.05, 0.1) is 13.2 Å². The molecule has 3 rings (SSSR count). The van der Waals surface area contributed by atoms with Gasteiger partial charge in [-0.2, -0.15) is 0 Å². The number of rotatable bonds is 1. The van der Waals surface area contributed by atoms with E-state index >= 15 is 0 Å². The molecule has 1 fully saturated rings. The predicted molar refractivity (Wildman–Crippen MR) is 79.2 cm³/mol. The van der Waals surface area contributed by atoms with Crippen molar-refractivity contribution < 1.29 is 28.5 Å². The van der Waals surface area contributed by atoms with E-state index in [1.165, 1.54) is 0 Å². The normalized spacial score (nSPS) is 29.0. The standard InChI is InChI=1S/C17H18O6/c18-15-13-14(16(19)21-11-7-2-1-6-10-20-15)23-17(22-13)12-8-4-3-5-9-12/h1-5,8-9,13-14,17H,6-7,10-11H2. The highest BCUT2D eigenvalue weighted by molar-refractivity contribution is 5.86. The van der Waals surface area contributed by atoms with Crippen molar-refractivity contribution in [2.24, 2.45) is 0 Å². The van der Waals surface area contributed by atoms with Gasteiger partial charge in [0, 0.05) is 5.56 Å². The summed E-state index contributed by atoms with van der Waals surface area (Å²) in [5.74, 6) is -1.22. The minimum atomic E-state index is -1.11. The van der Waals surface area contributed by atoms with Crippen molar-refractivity contribution in [1.82, 2.24) is 0 Å². The number of cyclic esters (lactones) is 2. The molecule has 6 nitrogen and oxygen atoms in total. The maximum absolute atomic E-state index is 12.2. The number of carbonyl (C=O) groups is 2. The molecule has 1 aromatic rings. The highest BCUT2D eigenvalue weighted by Crippen LogP contribution is 2.32. The molecule has 0 N–H and O–H groups in total. The van der Waals surface area contributed by atoms with E-state index < -0.39 is 30.4 Å². The molecule has 0 amide bonds. The Labute approximate surface area is 134 Å². The van der Waals surface area contributed by atoms with Gasteiger partial charge in [-0.25, -0.2) is 9.59 Å². The number of carbonyl (C=O) groups excluding carboxylic acids is 2. The molecule has 0 bridgehead atoms. The van der Waals surface area contributed by atoms with Crippen LogP contribution in [0.3, 0.4) is 0 Å². The van der Waals surface area contributed by atoms with Crippen LogP contribution in [0.1, 0.15) is 24.7 Å². The fourth-order valence-corrected chi connectivity index (χ4v) is 2.42. The summed E-state index contributed by atoms with van der Waals surface area (Å²) < 4.78 is 21.6. The summed E-state index contributed by atoms with van der Waals surface area (Å²) in [7, 11) is 0. The van der Waals surface area contributed by atoms with Gasteiger partial charge in [-0.3, -0.25) is 0 Å². The van der Waals surface area contributed by atoms with Gasteiger partial charge in [-0.15, -0.1) is 0 Å². The van der Waals surface area contributed by atoms with Crippen molar-refractivity contribution in [2.75, 3.05) is 13.2 Å². The Bertz CT molecular complexity index is 550. The van der Waals surface area contributed by atoms with E-state index in [0.29, 0.717) is 12.8 Å². The van der Waals surface area contributed by atoms with Crippen LogP contribution in [0, 0.1) is 0 Å². The Balaban J connectivity index is 1.78. The van der Waals surface area contributed by atoms with Crippen molar-refractivity contribution in [3.8, 4) is 0 Å². The van der Waals surface area contributed by atoms with Gasteiger partial charge in [0.25, 0.3) is 0 Å². The second-order valence-electron chi connectivity index (χ2n) is 5.24. The fourth-order valence-electron chi connectivity index (χ4n) is 2.42. The van der Waals surface area contributed by atoms with E-state index in [1.807, 2.05) is 30.4 Å². The number of benzene rings is 1. The first-order valence-corrected chi connectivity index (χ1v) is 7.60. The van der Waals surface area contributed by atoms with Crippen molar-refractivity contribution in [3.63, 3.8) is 0 Å². The molecule has 23 heavy (non-hydrogen) atoms. The number of fused-ring (bicyclic) bond motifs is 1. The zero-order chi connectivity index (χ0) is 16.1. The van der Waals surface area contributed by atoms with Crippen LogP contribution in [0.5, 0.6) is 0 Å². The topological polar surface area (TPSA) is 71.1 Å². The quantitative estimate of drug-likeness (QED) is 0.582. The molecule has 1 saturated heterocycles. The summed E-state index contributed by atoms with van der Waals surface area (Å²) in [5.41, 5.74) is 0.728. The second-order valence-corrected chi connectivity index (χ2v) is 5.24. The maximum atomic E-state index is 12.2. The van der Waals surface area contributed by atoms with Crippen LogP contribution >= 0.6 is 0 Å². The number of ether oxygens (including phenoxy) is 4. The zero-order valence-corrected chi connectivity index (χ0v) is 12.6. The molecular weight excluding hydrogens is 300 g/mol. The van der Waals surface area contributed by atoms with Crippen LogP contribution in [0.15, 0.2) is 42.5 Å². The van der Waals surface area contributed by atoms with Crippen LogP contribution in [0.4, 0.5) is 0 Å². The molecule has 2 aliphatic rings. The van der Waals surface area contributed by atoms with E-state index in [0.717, 1.165) is 5.56 Å². The minimum Gasteiger partial charge on any atom is -0.463 e. The lowest BCUT2D eigenvalue weighted by Gasteiger charge is -2.15. The third-order valence-corrected chi connectivity index (χ3v) is 3.58. The smallest absolute Gasteiger partial charge is 0.338 e. The largest absolute Gasteiger partial charge is 0.463 e. The number of hydrogen-bond donors (Lipinski definition) is 0. The molecular formula is C17H18O6. The molecule has 2 atom stereocenters. The maximum Gasteiger partial charge on any atom is 0.338 e. The van der Waals surface area contributed by atoms with Crippen molar-refractivity contribution in [2.45, 2.75) is 31.3 Å². The molecule has 2 heterocycles. The van der Waals surface area contributed by atoms with Gasteiger partial charge in [-0.05, 0) is 12.8 Å². The number of hydrogen-bond acceptors (Lipinski definition) is 6. The monoisotopic (exact) mass is 318 g/mol. The molecule has 2 aliphatic heterocycles. The first kappa shape index (κ1) is 15.7. The molecule has 0 aromatic heterocycles. The lowest BCUT2D eigenvalue weighted by molar-refractivity contribution is -0.163. The fraction of sp³-hybridized carbons (Fsp3) is 0.412. The minimum absolute atomic E-state index is 0.243. The lowest BCUT2D eigenvalue weighted by atomic mass is 10.2. The van der Waals surface area contributed by atoms with Crippen LogP contribution in [0.25, 0.3) is 0 Å². The molecule has 0 aliphatic carbocycles. The lowest BCUT2D eigenvalue weighted by Crippen LogP contribution is -2.39. The molecule has 0 spiro atoms. The molecule has 0 saturated carbocycles. The van der Waals surface area contributed by atoms with E-state index in [4.69, 9.17) is 18.9 Å². The summed E-state index contributed by atoms with van der Waals surface area (Å²) in [6, 6.07) is 9.13. The van der Waals surface area contributed by atoms with Gasteiger partial charge < -0.3 is 18.9 Å². The third-order valence-electron chi connectivity index (χ3n) is 3.58. The zero-order valence-electron chi connectivity index (χ0n) is 12.6. The predicted octanol–water partition coefficient (Wildman–Crippen LogP) is 1.91. The summed E-state index contributed by atoms with van der Waals surface area (Å²) in [4.78, 5) is 24.4. The highest BCUT2D eigenvalue weighted by Gasteiger charge is 2.47. The van der Waals surface area contributed by atoms with Gasteiger partial charge in [0.2, 0.25) is 0 Å². The van der Waals surface area contributed by atoms with Crippen LogP contribution in [-0.4, -0.2) is 37.4 Å². The SMILES string of the molecule is O=C1OCCC=CCCOC(=O)C2OC(c3ccccc3)OC12. The first-order chi connectivity index (χ1) is 11.3. The van der Waals surface area contributed by atoms with E-state index in [2.05, 4.69) is 0 Å². The summed E-state index contributed by atoms with van der Waals surface area (Å²) >= 11 is 0. The first-order valence-electron chi connectivity index (χ1n) is 7.60. The van der Waals surface area contributed by atoms with Gasteiger partial charge in [0.1, 0.15) is 0 Å². The Morgan fingerprint density at radius 1 is 0.783 bits per heavy atom. The Hall–Kier alpha value is -2.18. The second kappa shape index (κ2) is 7.39. The van der Waals surface area contributed by atoms with Crippen LogP contribution in [0.2, 0.25) is 0 Å². The molecule has 1 aromatic carbocycles. The Kier molecular flexibility index (Phi) is 5.05. The molecule has 2 unspecified atom stereocenters. The van der Waals surface area contributed by atoms with E-state index in [9.17, 15) is 9.59 Å². The van der Waals surface area contributed by atoms with Crippen LogP contribution < -0.4 is 0 Å². The van der Waals surface area contributed by atoms with Crippen molar-refractivity contribution >= 4 is 11.9 Å². The van der Waals surface area contributed by atoms with E-state index in [1.54, 1.807) is 12.1 Å². The van der Waals surface area contributed by atoms with Gasteiger partial charge >= 0.3 is 11.9 Å². The molecule has 6 heteroatoms. The van der Waals surface area contributed by atoms with Gasteiger partial charge in [0.15, 0.2) is 18.5 Å². The van der Waals surface area contributed by atoms with E-state index in [-0.39, 0.29) is 13.2 Å². The average Bonchev–Trinajstić information content (AvgIpc) is 3.02. The van der Waals surface area contributed by atoms with Crippen molar-refractivity contribution in [1.29, 1.82) is 0 Å².